The quantitative estimate of drug-likeness (QED) is 0.644. The molecule has 0 saturated carbocycles. The van der Waals surface area contributed by atoms with Crippen LogP contribution in [-0.4, -0.2) is 28.0 Å². The molecule has 7 heteroatoms. The van der Waals surface area contributed by atoms with Gasteiger partial charge in [-0.05, 0) is 18.2 Å². The van der Waals surface area contributed by atoms with Gasteiger partial charge < -0.3 is 10.1 Å². The molecule has 1 aromatic heterocycles. The van der Waals surface area contributed by atoms with Gasteiger partial charge >= 0.3 is 0 Å². The average molecular weight is 304 g/mol. The molecule has 3 aromatic rings. The molecule has 0 aliphatic carbocycles. The van der Waals surface area contributed by atoms with Gasteiger partial charge in [0.15, 0.2) is 5.25 Å². The Balaban J connectivity index is 2.24. The number of phenols is 1. The van der Waals surface area contributed by atoms with Crippen LogP contribution in [0.1, 0.15) is 16.6 Å². The van der Waals surface area contributed by atoms with Crippen molar-refractivity contribution in [3.8, 4) is 5.75 Å². The van der Waals surface area contributed by atoms with E-state index in [4.69, 9.17) is 0 Å². The van der Waals surface area contributed by atoms with Gasteiger partial charge in [-0.2, -0.15) is 8.42 Å². The summed E-state index contributed by atoms with van der Waals surface area (Å²) in [5.74, 6) is -0.166. The number of imidazole rings is 1. The van der Waals surface area contributed by atoms with Crippen LogP contribution in [0.15, 0.2) is 48.5 Å². The molecule has 0 aliphatic heterocycles. The third kappa shape index (κ3) is 2.48. The van der Waals surface area contributed by atoms with Crippen molar-refractivity contribution in [1.82, 2.24) is 9.97 Å². The highest BCUT2D eigenvalue weighted by Crippen LogP contribution is 2.34. The molecule has 0 saturated heterocycles. The minimum atomic E-state index is -4.49. The lowest BCUT2D eigenvalue weighted by atomic mass is 10.1. The summed E-state index contributed by atoms with van der Waals surface area (Å²) in [6.07, 6.45) is 0. The topological polar surface area (TPSA) is 103 Å². The Morgan fingerprint density at radius 3 is 2.38 bits per heavy atom. The summed E-state index contributed by atoms with van der Waals surface area (Å²) in [6.45, 7) is 0. The Bertz CT molecular complexity index is 869. The first-order valence-corrected chi connectivity index (χ1v) is 7.66. The van der Waals surface area contributed by atoms with Crippen molar-refractivity contribution < 1.29 is 18.1 Å². The number of aromatic nitrogens is 2. The van der Waals surface area contributed by atoms with Gasteiger partial charge in [0.05, 0.1) is 11.0 Å². The second kappa shape index (κ2) is 4.87. The predicted octanol–water partition coefficient (Wildman–Crippen LogP) is 2.25. The maximum absolute atomic E-state index is 11.7. The predicted molar refractivity (Wildman–Crippen MR) is 77.6 cm³/mol. The van der Waals surface area contributed by atoms with Crippen molar-refractivity contribution in [1.29, 1.82) is 0 Å². The van der Waals surface area contributed by atoms with Crippen LogP contribution >= 0.6 is 0 Å². The summed E-state index contributed by atoms with van der Waals surface area (Å²) in [4.78, 5) is 7.06. The number of para-hydroxylation sites is 3. The zero-order chi connectivity index (χ0) is 15.0. The number of H-pyrrole nitrogens is 1. The Hall–Kier alpha value is -2.38. The van der Waals surface area contributed by atoms with E-state index in [0.29, 0.717) is 11.0 Å². The number of phenolic OH excluding ortho intramolecular Hbond substituents is 1. The van der Waals surface area contributed by atoms with Crippen molar-refractivity contribution in [3.05, 3.63) is 59.9 Å². The summed E-state index contributed by atoms with van der Waals surface area (Å²) >= 11 is 0. The number of hydrogen-bond donors (Lipinski definition) is 3. The van der Waals surface area contributed by atoms with Crippen LogP contribution in [0.25, 0.3) is 11.0 Å². The van der Waals surface area contributed by atoms with E-state index in [0.717, 1.165) is 0 Å². The number of fused-ring (bicyclic) bond motifs is 1. The normalized spacial score (nSPS) is 13.4. The fourth-order valence-electron chi connectivity index (χ4n) is 2.25. The fraction of sp³-hybridized carbons (Fsp3) is 0.0714. The van der Waals surface area contributed by atoms with Crippen LogP contribution in [-0.2, 0) is 10.1 Å². The highest BCUT2D eigenvalue weighted by Gasteiger charge is 2.32. The van der Waals surface area contributed by atoms with Crippen LogP contribution in [0.5, 0.6) is 5.75 Å². The zero-order valence-electron chi connectivity index (χ0n) is 10.8. The van der Waals surface area contributed by atoms with Gasteiger partial charge in [0.25, 0.3) is 10.1 Å². The zero-order valence-corrected chi connectivity index (χ0v) is 11.6. The monoisotopic (exact) mass is 304 g/mol. The van der Waals surface area contributed by atoms with Crippen molar-refractivity contribution in [3.63, 3.8) is 0 Å². The molecule has 0 bridgehead atoms. The van der Waals surface area contributed by atoms with Gasteiger partial charge in [-0.3, -0.25) is 4.55 Å². The minimum absolute atomic E-state index is 0.0557. The van der Waals surface area contributed by atoms with E-state index in [9.17, 15) is 18.1 Å². The molecule has 1 unspecified atom stereocenters. The van der Waals surface area contributed by atoms with Crippen LogP contribution in [0.4, 0.5) is 0 Å². The number of nitrogens with zero attached hydrogens (tertiary/aromatic N) is 1. The van der Waals surface area contributed by atoms with Crippen molar-refractivity contribution in [2.75, 3.05) is 0 Å². The molecule has 0 aliphatic rings. The molecular formula is C14H12N2O4S. The van der Waals surface area contributed by atoms with Crippen molar-refractivity contribution in [2.24, 2.45) is 0 Å². The van der Waals surface area contributed by atoms with Gasteiger partial charge in [0.2, 0.25) is 0 Å². The van der Waals surface area contributed by atoms with Crippen LogP contribution in [0, 0.1) is 0 Å². The molecule has 6 nitrogen and oxygen atoms in total. The van der Waals surface area contributed by atoms with Gasteiger partial charge in [-0.1, -0.05) is 30.3 Å². The molecule has 0 fully saturated rings. The summed E-state index contributed by atoms with van der Waals surface area (Å²) in [5.41, 5.74) is 1.30. The molecule has 0 radical (unpaired) electrons. The van der Waals surface area contributed by atoms with Crippen molar-refractivity contribution >= 4 is 21.2 Å². The molecule has 108 valence electrons. The molecule has 2 aromatic carbocycles. The number of hydrogen-bond acceptors (Lipinski definition) is 4. The van der Waals surface area contributed by atoms with Crippen LogP contribution in [0.3, 0.4) is 0 Å². The third-order valence-corrected chi connectivity index (χ3v) is 4.25. The minimum Gasteiger partial charge on any atom is -0.508 e. The van der Waals surface area contributed by atoms with E-state index in [1.165, 1.54) is 12.1 Å². The van der Waals surface area contributed by atoms with E-state index in [-0.39, 0.29) is 17.1 Å². The Labute approximate surface area is 120 Å². The van der Waals surface area contributed by atoms with E-state index >= 15 is 0 Å². The van der Waals surface area contributed by atoms with Crippen molar-refractivity contribution in [2.45, 2.75) is 5.25 Å². The largest absolute Gasteiger partial charge is 0.508 e. The first-order valence-electron chi connectivity index (χ1n) is 6.15. The van der Waals surface area contributed by atoms with Gasteiger partial charge in [-0.25, -0.2) is 4.98 Å². The Kier molecular flexibility index (Phi) is 3.15. The Morgan fingerprint density at radius 1 is 1.05 bits per heavy atom. The lowest BCUT2D eigenvalue weighted by Gasteiger charge is -2.13. The number of benzene rings is 2. The van der Waals surface area contributed by atoms with Crippen LogP contribution in [0.2, 0.25) is 0 Å². The van der Waals surface area contributed by atoms with E-state index in [1.807, 2.05) is 0 Å². The maximum Gasteiger partial charge on any atom is 0.279 e. The highest BCUT2D eigenvalue weighted by molar-refractivity contribution is 7.86. The summed E-state index contributed by atoms with van der Waals surface area (Å²) in [6, 6.07) is 13.0. The van der Waals surface area contributed by atoms with E-state index < -0.39 is 15.4 Å². The smallest absolute Gasteiger partial charge is 0.279 e. The maximum atomic E-state index is 11.7. The number of nitrogens with one attached hydrogen (secondary N) is 1. The molecule has 0 amide bonds. The lowest BCUT2D eigenvalue weighted by molar-refractivity contribution is 0.454. The molecule has 21 heavy (non-hydrogen) atoms. The number of aromatic amines is 1. The van der Waals surface area contributed by atoms with Gasteiger partial charge in [-0.15, -0.1) is 0 Å². The molecule has 3 rings (SSSR count). The summed E-state index contributed by atoms with van der Waals surface area (Å²) in [5, 5.41) is 8.40. The second-order valence-electron chi connectivity index (χ2n) is 4.59. The fourth-order valence-corrected chi connectivity index (χ4v) is 3.17. The first-order chi connectivity index (χ1) is 9.97. The average Bonchev–Trinajstić information content (AvgIpc) is 2.82. The molecular weight excluding hydrogens is 292 g/mol. The van der Waals surface area contributed by atoms with Gasteiger partial charge in [0, 0.05) is 5.56 Å². The Morgan fingerprint density at radius 2 is 1.71 bits per heavy atom. The standard InChI is InChI=1S/C14H12N2O4S/c17-12-8-4-1-5-9(12)13(21(18,19)20)14-15-10-6-2-3-7-11(10)16-14/h1-8,13,17H,(H,15,16)(H,18,19,20). The van der Waals surface area contributed by atoms with E-state index in [2.05, 4.69) is 9.97 Å². The summed E-state index contributed by atoms with van der Waals surface area (Å²) < 4.78 is 33.0. The second-order valence-corrected chi connectivity index (χ2v) is 6.09. The lowest BCUT2D eigenvalue weighted by Crippen LogP contribution is -2.15. The SMILES string of the molecule is O=S(=O)(O)C(c1nc2ccccc2[nH]1)c1ccccc1O. The molecule has 1 heterocycles. The summed E-state index contributed by atoms with van der Waals surface area (Å²) in [7, 11) is -4.49. The third-order valence-electron chi connectivity index (χ3n) is 3.17. The van der Waals surface area contributed by atoms with E-state index in [1.54, 1.807) is 36.4 Å². The molecule has 0 spiro atoms. The molecule has 1 atom stereocenters. The highest BCUT2D eigenvalue weighted by atomic mass is 32.2. The number of aromatic hydroxyl groups is 1. The van der Waals surface area contributed by atoms with Crippen LogP contribution < -0.4 is 0 Å². The molecule has 3 N–H and O–H groups in total. The van der Waals surface area contributed by atoms with Gasteiger partial charge in [0.1, 0.15) is 11.6 Å². The number of rotatable bonds is 3. The first kappa shape index (κ1) is 13.6.